The molecule has 4 heteroatoms. The minimum absolute atomic E-state index is 0. The summed E-state index contributed by atoms with van der Waals surface area (Å²) in [5, 5.41) is 2.71. The van der Waals surface area contributed by atoms with E-state index in [4.69, 9.17) is 4.74 Å². The van der Waals surface area contributed by atoms with Crippen LogP contribution in [-0.2, 0) is 4.79 Å². The Morgan fingerprint density at radius 2 is 2.31 bits per heavy atom. The second kappa shape index (κ2) is 5.90. The lowest BCUT2D eigenvalue weighted by molar-refractivity contribution is -0.123. The summed E-state index contributed by atoms with van der Waals surface area (Å²) in [6.45, 7) is 3.72. The van der Waals surface area contributed by atoms with Gasteiger partial charge in [-0.15, -0.1) is 0 Å². The number of carbonyl (C=O) groups excluding carboxylic acids is 2. The van der Waals surface area contributed by atoms with E-state index in [1.165, 1.54) is 0 Å². The van der Waals surface area contributed by atoms with Gasteiger partial charge in [-0.3, -0.25) is 9.59 Å². The standard InChI is InChI=1S/C12H15NO3.H2/c1-9(2)13-12(15)8-16-11-5-3-4-10(6-11)7-14;/h3-7,9H,8H2,1-2H3,(H,13,15);1H. The highest BCUT2D eigenvalue weighted by Gasteiger charge is 2.04. The van der Waals surface area contributed by atoms with Crippen LogP contribution in [0.4, 0.5) is 0 Å². The van der Waals surface area contributed by atoms with E-state index < -0.39 is 0 Å². The van der Waals surface area contributed by atoms with Gasteiger partial charge in [-0.25, -0.2) is 0 Å². The van der Waals surface area contributed by atoms with Gasteiger partial charge >= 0.3 is 0 Å². The number of hydrogen-bond acceptors (Lipinski definition) is 3. The zero-order chi connectivity index (χ0) is 12.0. The fraction of sp³-hybridized carbons (Fsp3) is 0.333. The summed E-state index contributed by atoms with van der Waals surface area (Å²) in [4.78, 5) is 21.8. The molecular weight excluding hydrogens is 206 g/mol. The van der Waals surface area contributed by atoms with Crippen LogP contribution in [0, 0.1) is 0 Å². The summed E-state index contributed by atoms with van der Waals surface area (Å²) < 4.78 is 5.24. The second-order valence-corrected chi connectivity index (χ2v) is 3.70. The predicted octanol–water partition coefficient (Wildman–Crippen LogP) is 1.65. The molecule has 0 fully saturated rings. The number of amides is 1. The van der Waals surface area contributed by atoms with Crippen molar-refractivity contribution in [2.24, 2.45) is 0 Å². The van der Waals surface area contributed by atoms with E-state index in [9.17, 15) is 9.59 Å². The van der Waals surface area contributed by atoms with Gasteiger partial charge in [-0.05, 0) is 26.0 Å². The molecule has 0 bridgehead atoms. The van der Waals surface area contributed by atoms with Crippen molar-refractivity contribution in [3.63, 3.8) is 0 Å². The first-order valence-electron chi connectivity index (χ1n) is 5.09. The molecular formula is C12H17NO3. The number of nitrogens with one attached hydrogen (secondary N) is 1. The topological polar surface area (TPSA) is 55.4 Å². The van der Waals surface area contributed by atoms with Gasteiger partial charge in [-0.2, -0.15) is 0 Å². The van der Waals surface area contributed by atoms with Gasteiger partial charge in [0.1, 0.15) is 12.0 Å². The highest BCUT2D eigenvalue weighted by Crippen LogP contribution is 2.11. The third-order valence-corrected chi connectivity index (χ3v) is 1.81. The molecule has 1 N–H and O–H groups in total. The zero-order valence-corrected chi connectivity index (χ0v) is 9.40. The first-order valence-corrected chi connectivity index (χ1v) is 5.09. The van der Waals surface area contributed by atoms with Crippen LogP contribution in [0.15, 0.2) is 24.3 Å². The van der Waals surface area contributed by atoms with Crippen LogP contribution in [-0.4, -0.2) is 24.8 Å². The van der Waals surface area contributed by atoms with Crippen molar-refractivity contribution in [2.75, 3.05) is 6.61 Å². The molecule has 0 radical (unpaired) electrons. The summed E-state index contributed by atoms with van der Waals surface area (Å²) in [6.07, 6.45) is 0.737. The van der Waals surface area contributed by atoms with Gasteiger partial charge in [0.25, 0.3) is 5.91 Å². The lowest BCUT2D eigenvalue weighted by Crippen LogP contribution is -2.34. The van der Waals surface area contributed by atoms with E-state index in [1.807, 2.05) is 13.8 Å². The first kappa shape index (κ1) is 12.2. The lowest BCUT2D eigenvalue weighted by atomic mass is 10.2. The molecule has 0 aliphatic heterocycles. The smallest absolute Gasteiger partial charge is 0.258 e. The molecule has 0 saturated heterocycles. The number of hydrogen-bond donors (Lipinski definition) is 1. The highest BCUT2D eigenvalue weighted by molar-refractivity contribution is 5.78. The van der Waals surface area contributed by atoms with E-state index in [0.717, 1.165) is 6.29 Å². The SMILES string of the molecule is CC(C)NC(=O)COc1cccc(C=O)c1.[HH]. The monoisotopic (exact) mass is 223 g/mol. The molecule has 0 aliphatic rings. The normalized spacial score (nSPS) is 9.94. The molecule has 0 spiro atoms. The van der Waals surface area contributed by atoms with Crippen LogP contribution in [0.1, 0.15) is 25.6 Å². The van der Waals surface area contributed by atoms with Crippen molar-refractivity contribution >= 4 is 12.2 Å². The number of rotatable bonds is 5. The molecule has 16 heavy (non-hydrogen) atoms. The summed E-state index contributed by atoms with van der Waals surface area (Å²) >= 11 is 0. The number of benzene rings is 1. The van der Waals surface area contributed by atoms with Gasteiger partial charge < -0.3 is 10.1 Å². The summed E-state index contributed by atoms with van der Waals surface area (Å²) in [5.41, 5.74) is 0.529. The van der Waals surface area contributed by atoms with Crippen LogP contribution in [0.5, 0.6) is 5.75 Å². The Kier molecular flexibility index (Phi) is 4.51. The lowest BCUT2D eigenvalue weighted by Gasteiger charge is -2.09. The quantitative estimate of drug-likeness (QED) is 0.772. The largest absolute Gasteiger partial charge is 0.484 e. The molecule has 0 atom stereocenters. The maximum atomic E-state index is 11.3. The van der Waals surface area contributed by atoms with Crippen LogP contribution >= 0.6 is 0 Å². The maximum Gasteiger partial charge on any atom is 0.258 e. The Balaban J connectivity index is 0.00000256. The van der Waals surface area contributed by atoms with Crippen LogP contribution in [0.2, 0.25) is 0 Å². The third kappa shape index (κ3) is 4.13. The summed E-state index contributed by atoms with van der Waals surface area (Å²) in [6, 6.07) is 6.77. The van der Waals surface area contributed by atoms with Crippen molar-refractivity contribution in [3.05, 3.63) is 29.8 Å². The van der Waals surface area contributed by atoms with Gasteiger partial charge in [0.2, 0.25) is 0 Å². The minimum Gasteiger partial charge on any atom is -0.484 e. The number of ether oxygens (including phenoxy) is 1. The van der Waals surface area contributed by atoms with E-state index in [0.29, 0.717) is 11.3 Å². The van der Waals surface area contributed by atoms with E-state index >= 15 is 0 Å². The van der Waals surface area contributed by atoms with E-state index in [1.54, 1.807) is 24.3 Å². The maximum absolute atomic E-state index is 11.3. The molecule has 1 amide bonds. The third-order valence-electron chi connectivity index (χ3n) is 1.81. The Labute approximate surface area is 96.1 Å². The number of aldehydes is 1. The molecule has 1 aromatic carbocycles. The van der Waals surface area contributed by atoms with Crippen LogP contribution in [0.3, 0.4) is 0 Å². The van der Waals surface area contributed by atoms with Crippen molar-refractivity contribution < 1.29 is 15.8 Å². The van der Waals surface area contributed by atoms with E-state index in [-0.39, 0.29) is 20.0 Å². The van der Waals surface area contributed by atoms with Crippen molar-refractivity contribution in [3.8, 4) is 5.75 Å². The van der Waals surface area contributed by atoms with E-state index in [2.05, 4.69) is 5.32 Å². The molecule has 1 aromatic rings. The fourth-order valence-electron chi connectivity index (χ4n) is 1.19. The molecule has 1 rings (SSSR count). The Morgan fingerprint density at radius 1 is 1.56 bits per heavy atom. The molecule has 88 valence electrons. The second-order valence-electron chi connectivity index (χ2n) is 3.70. The summed E-state index contributed by atoms with van der Waals surface area (Å²) in [5.74, 6) is 0.343. The van der Waals surface area contributed by atoms with Gasteiger partial charge in [0.15, 0.2) is 6.61 Å². The predicted molar refractivity (Wildman–Crippen MR) is 62.7 cm³/mol. The van der Waals surface area contributed by atoms with Crippen molar-refractivity contribution in [2.45, 2.75) is 19.9 Å². The Morgan fingerprint density at radius 3 is 2.94 bits per heavy atom. The average Bonchev–Trinajstić information content (AvgIpc) is 2.26. The Hall–Kier alpha value is -1.84. The fourth-order valence-corrected chi connectivity index (χ4v) is 1.19. The molecule has 0 heterocycles. The minimum atomic E-state index is -0.175. The zero-order valence-electron chi connectivity index (χ0n) is 9.40. The average molecular weight is 223 g/mol. The Bertz CT molecular complexity index is 380. The van der Waals surface area contributed by atoms with Gasteiger partial charge in [0, 0.05) is 13.0 Å². The first-order chi connectivity index (χ1) is 7.61. The highest BCUT2D eigenvalue weighted by atomic mass is 16.5. The van der Waals surface area contributed by atoms with Gasteiger partial charge in [0.05, 0.1) is 0 Å². The van der Waals surface area contributed by atoms with Crippen molar-refractivity contribution in [1.29, 1.82) is 0 Å². The number of carbonyl (C=O) groups is 2. The van der Waals surface area contributed by atoms with Crippen LogP contribution in [0.25, 0.3) is 0 Å². The van der Waals surface area contributed by atoms with Crippen LogP contribution < -0.4 is 10.1 Å². The molecule has 0 unspecified atom stereocenters. The summed E-state index contributed by atoms with van der Waals surface area (Å²) in [7, 11) is 0. The molecule has 0 aromatic heterocycles. The molecule has 4 nitrogen and oxygen atoms in total. The van der Waals surface area contributed by atoms with Crippen molar-refractivity contribution in [1.82, 2.24) is 5.32 Å². The van der Waals surface area contributed by atoms with Gasteiger partial charge in [-0.1, -0.05) is 12.1 Å². The molecule has 0 saturated carbocycles. The molecule has 0 aliphatic carbocycles.